The summed E-state index contributed by atoms with van der Waals surface area (Å²) in [7, 11) is 0. The zero-order chi connectivity index (χ0) is 9.40. The SMILES string of the molecule is CC/C=C/CC.[CH2-]C1OC1CC.[Y]. The Balaban J connectivity index is 0. The second-order valence-electron chi connectivity index (χ2n) is 2.91. The Hall–Kier alpha value is 0.804. The average Bonchev–Trinajstić information content (AvgIpc) is 2.79. The predicted octanol–water partition coefficient (Wildman–Crippen LogP) is 3.36. The van der Waals surface area contributed by atoms with Crippen LogP contribution in [0.1, 0.15) is 40.0 Å². The van der Waals surface area contributed by atoms with E-state index in [2.05, 4.69) is 39.8 Å². The van der Waals surface area contributed by atoms with E-state index < -0.39 is 0 Å². The van der Waals surface area contributed by atoms with Crippen molar-refractivity contribution in [3.05, 3.63) is 19.1 Å². The molecule has 13 heavy (non-hydrogen) atoms. The minimum Gasteiger partial charge on any atom is -0.405 e. The largest absolute Gasteiger partial charge is 0.405 e. The van der Waals surface area contributed by atoms with E-state index in [4.69, 9.17) is 4.74 Å². The van der Waals surface area contributed by atoms with Crippen molar-refractivity contribution in [2.24, 2.45) is 0 Å². The molecule has 0 saturated carbocycles. The van der Waals surface area contributed by atoms with Crippen LogP contribution in [0.3, 0.4) is 0 Å². The summed E-state index contributed by atoms with van der Waals surface area (Å²) < 4.78 is 4.95. The number of rotatable bonds is 3. The van der Waals surface area contributed by atoms with E-state index >= 15 is 0 Å². The molecule has 0 aromatic heterocycles. The van der Waals surface area contributed by atoms with Gasteiger partial charge >= 0.3 is 0 Å². The van der Waals surface area contributed by atoms with Gasteiger partial charge in [0.25, 0.3) is 0 Å². The van der Waals surface area contributed by atoms with Crippen LogP contribution in [-0.4, -0.2) is 12.2 Å². The smallest absolute Gasteiger partial charge is 0.0521 e. The number of ether oxygens (including phenoxy) is 1. The van der Waals surface area contributed by atoms with Crippen molar-refractivity contribution in [3.63, 3.8) is 0 Å². The number of hydrogen-bond donors (Lipinski definition) is 0. The van der Waals surface area contributed by atoms with Crippen LogP contribution in [-0.2, 0) is 37.4 Å². The first-order chi connectivity index (χ1) is 5.76. The monoisotopic (exact) mass is 258 g/mol. The summed E-state index contributed by atoms with van der Waals surface area (Å²) in [6.07, 6.45) is 8.63. The van der Waals surface area contributed by atoms with Crippen molar-refractivity contribution in [2.75, 3.05) is 0 Å². The molecule has 1 fully saturated rings. The van der Waals surface area contributed by atoms with Gasteiger partial charge in [0.15, 0.2) is 0 Å². The molecule has 1 aliphatic heterocycles. The van der Waals surface area contributed by atoms with Crippen LogP contribution >= 0.6 is 0 Å². The van der Waals surface area contributed by atoms with Crippen LogP contribution in [0.25, 0.3) is 0 Å². The molecule has 1 heterocycles. The first-order valence-electron chi connectivity index (χ1n) is 4.89. The first kappa shape index (κ1) is 16.2. The van der Waals surface area contributed by atoms with E-state index in [-0.39, 0.29) is 32.7 Å². The molecule has 1 aliphatic rings. The summed E-state index contributed by atoms with van der Waals surface area (Å²) in [5, 5.41) is 0. The van der Waals surface area contributed by atoms with Crippen LogP contribution < -0.4 is 0 Å². The second-order valence-corrected chi connectivity index (χ2v) is 2.91. The molecule has 2 atom stereocenters. The molecule has 1 saturated heterocycles. The maximum atomic E-state index is 4.95. The van der Waals surface area contributed by atoms with Crippen LogP contribution in [0.4, 0.5) is 0 Å². The van der Waals surface area contributed by atoms with E-state index in [0.717, 1.165) is 6.42 Å². The van der Waals surface area contributed by atoms with Crippen LogP contribution in [0, 0.1) is 6.92 Å². The van der Waals surface area contributed by atoms with Gasteiger partial charge in [-0.2, -0.15) is 0 Å². The number of epoxide rings is 1. The van der Waals surface area contributed by atoms with Gasteiger partial charge in [-0.05, 0) is 25.4 Å². The van der Waals surface area contributed by atoms with Gasteiger partial charge in [-0.3, -0.25) is 0 Å². The van der Waals surface area contributed by atoms with E-state index in [1.54, 1.807) is 0 Å². The van der Waals surface area contributed by atoms with Gasteiger partial charge in [0, 0.05) is 32.7 Å². The zero-order valence-corrected chi connectivity index (χ0v) is 12.0. The van der Waals surface area contributed by atoms with Crippen molar-refractivity contribution >= 4 is 0 Å². The Bertz CT molecular complexity index is 115. The standard InChI is InChI=1S/C6H12.C5H9O.Y/c1-3-5-6-4-2;1-3-5-4(2)6-5;/h5-6H,3-4H2,1-2H3;4-5H,2-3H2,1H3;/q;-1;/b6-5+;;. The molecule has 2 heteroatoms. The third kappa shape index (κ3) is 10.7. The van der Waals surface area contributed by atoms with Gasteiger partial charge < -0.3 is 11.7 Å². The molecular weight excluding hydrogens is 237 g/mol. The minimum absolute atomic E-state index is 0. The molecule has 0 aliphatic carbocycles. The fourth-order valence-electron chi connectivity index (χ4n) is 0.872. The Kier molecular flexibility index (Phi) is 13.6. The molecule has 1 nitrogen and oxygen atoms in total. The van der Waals surface area contributed by atoms with E-state index in [1.807, 2.05) is 0 Å². The second kappa shape index (κ2) is 10.9. The van der Waals surface area contributed by atoms with Gasteiger partial charge in [0.2, 0.25) is 0 Å². The van der Waals surface area contributed by atoms with Crippen molar-refractivity contribution in [1.29, 1.82) is 0 Å². The molecule has 0 amide bonds. The molecule has 75 valence electrons. The molecule has 0 aromatic rings. The number of allylic oxidation sites excluding steroid dienone is 2. The van der Waals surface area contributed by atoms with Gasteiger partial charge in [-0.15, -0.1) is 0 Å². The normalized spacial score (nSPS) is 24.6. The maximum absolute atomic E-state index is 4.95. The van der Waals surface area contributed by atoms with Gasteiger partial charge in [0.05, 0.1) is 6.10 Å². The predicted molar refractivity (Wildman–Crippen MR) is 54.0 cm³/mol. The van der Waals surface area contributed by atoms with Crippen LogP contribution in [0.15, 0.2) is 12.2 Å². The third-order valence-electron chi connectivity index (χ3n) is 1.73. The van der Waals surface area contributed by atoms with Crippen LogP contribution in [0.5, 0.6) is 0 Å². The van der Waals surface area contributed by atoms with Gasteiger partial charge in [-0.25, -0.2) is 0 Å². The first-order valence-corrected chi connectivity index (χ1v) is 4.89. The van der Waals surface area contributed by atoms with E-state index in [1.165, 1.54) is 12.8 Å². The number of hydrogen-bond acceptors (Lipinski definition) is 1. The summed E-state index contributed by atoms with van der Waals surface area (Å²) >= 11 is 0. The summed E-state index contributed by atoms with van der Waals surface area (Å²) in [6.45, 7) is 10.1. The fourth-order valence-corrected chi connectivity index (χ4v) is 0.872. The molecule has 0 bridgehead atoms. The van der Waals surface area contributed by atoms with Crippen LogP contribution in [0.2, 0.25) is 0 Å². The van der Waals surface area contributed by atoms with Crippen molar-refractivity contribution < 1.29 is 37.4 Å². The topological polar surface area (TPSA) is 12.5 Å². The maximum Gasteiger partial charge on any atom is 0.0521 e. The molecule has 0 aromatic carbocycles. The Morgan fingerprint density at radius 2 is 1.54 bits per heavy atom. The molecular formula is C11H21OY-. The molecule has 2 unspecified atom stereocenters. The Labute approximate surface area is 108 Å². The van der Waals surface area contributed by atoms with Gasteiger partial charge in [-0.1, -0.05) is 32.9 Å². The summed E-state index contributed by atoms with van der Waals surface area (Å²) in [5.74, 6) is 0. The summed E-state index contributed by atoms with van der Waals surface area (Å²) in [6, 6.07) is 0. The quantitative estimate of drug-likeness (QED) is 0.429. The average molecular weight is 258 g/mol. The molecule has 1 rings (SSSR count). The van der Waals surface area contributed by atoms with Crippen molar-refractivity contribution in [3.8, 4) is 0 Å². The summed E-state index contributed by atoms with van der Waals surface area (Å²) in [4.78, 5) is 0. The third-order valence-corrected chi connectivity index (χ3v) is 1.73. The minimum atomic E-state index is 0. The Morgan fingerprint density at radius 3 is 1.62 bits per heavy atom. The molecule has 0 spiro atoms. The van der Waals surface area contributed by atoms with Crippen molar-refractivity contribution in [1.82, 2.24) is 0 Å². The van der Waals surface area contributed by atoms with E-state index in [0.29, 0.717) is 12.2 Å². The summed E-state index contributed by atoms with van der Waals surface area (Å²) in [5.41, 5.74) is 0. The van der Waals surface area contributed by atoms with Gasteiger partial charge in [0.1, 0.15) is 0 Å². The zero-order valence-electron chi connectivity index (χ0n) is 9.12. The van der Waals surface area contributed by atoms with E-state index in [9.17, 15) is 0 Å². The van der Waals surface area contributed by atoms with Crippen molar-refractivity contribution in [2.45, 2.75) is 52.2 Å². The fraction of sp³-hybridized carbons (Fsp3) is 0.727. The molecule has 1 radical (unpaired) electrons. The Morgan fingerprint density at radius 1 is 1.15 bits per heavy atom. The molecule has 0 N–H and O–H groups in total.